The highest BCUT2D eigenvalue weighted by atomic mass is 79.9. The summed E-state index contributed by atoms with van der Waals surface area (Å²) in [5, 5.41) is 0. The van der Waals surface area contributed by atoms with Crippen molar-refractivity contribution in [1.29, 1.82) is 0 Å². The van der Waals surface area contributed by atoms with Crippen LogP contribution in [-0.4, -0.2) is 9.97 Å². The minimum atomic E-state index is -0.325. The van der Waals surface area contributed by atoms with Gasteiger partial charge < -0.3 is 4.98 Å². The maximum Gasteiger partial charge on any atom is 0.254 e. The van der Waals surface area contributed by atoms with Crippen LogP contribution in [-0.2, 0) is 12.8 Å². The van der Waals surface area contributed by atoms with Crippen molar-refractivity contribution >= 4 is 15.9 Å². The lowest BCUT2D eigenvalue weighted by Gasteiger charge is -2.06. The fraction of sp³-hybridized carbons (Fsp3) is 0.231. The van der Waals surface area contributed by atoms with Crippen LogP contribution in [0.3, 0.4) is 0 Å². The van der Waals surface area contributed by atoms with Crippen molar-refractivity contribution in [2.75, 3.05) is 0 Å². The number of aromatic nitrogens is 2. The van der Waals surface area contributed by atoms with Gasteiger partial charge >= 0.3 is 0 Å². The standard InChI is InChI=1S/C13H10BrFN2O/c14-10-6-7(15)4-5-8(10)12-16-11-3-1-2-9(11)13(18)17-12/h4-6H,1-3H2,(H,16,17,18). The lowest BCUT2D eigenvalue weighted by atomic mass is 10.2. The van der Waals surface area contributed by atoms with E-state index < -0.39 is 0 Å². The van der Waals surface area contributed by atoms with Gasteiger partial charge in [0.2, 0.25) is 0 Å². The smallest absolute Gasteiger partial charge is 0.254 e. The van der Waals surface area contributed by atoms with Crippen LogP contribution in [0.1, 0.15) is 17.7 Å². The van der Waals surface area contributed by atoms with E-state index in [-0.39, 0.29) is 11.4 Å². The summed E-state index contributed by atoms with van der Waals surface area (Å²) in [6.45, 7) is 0. The molecule has 1 heterocycles. The quantitative estimate of drug-likeness (QED) is 0.880. The molecule has 0 saturated carbocycles. The largest absolute Gasteiger partial charge is 0.306 e. The molecule has 1 N–H and O–H groups in total. The molecule has 18 heavy (non-hydrogen) atoms. The molecule has 3 rings (SSSR count). The lowest BCUT2D eigenvalue weighted by molar-refractivity contribution is 0.627. The first-order valence-electron chi connectivity index (χ1n) is 5.72. The Kier molecular flexibility index (Phi) is 2.78. The lowest BCUT2D eigenvalue weighted by Crippen LogP contribution is -2.15. The van der Waals surface area contributed by atoms with Gasteiger partial charge in [0.15, 0.2) is 0 Å². The molecule has 5 heteroatoms. The molecule has 0 saturated heterocycles. The average Bonchev–Trinajstić information content (AvgIpc) is 2.77. The summed E-state index contributed by atoms with van der Waals surface area (Å²) in [4.78, 5) is 19.1. The van der Waals surface area contributed by atoms with Crippen LogP contribution in [0.5, 0.6) is 0 Å². The van der Waals surface area contributed by atoms with Gasteiger partial charge in [0.1, 0.15) is 11.6 Å². The number of H-pyrrole nitrogens is 1. The Labute approximate surface area is 111 Å². The monoisotopic (exact) mass is 308 g/mol. The molecular formula is C13H10BrFN2O. The Balaban J connectivity index is 2.18. The number of aromatic amines is 1. The number of nitrogens with zero attached hydrogens (tertiary/aromatic N) is 1. The van der Waals surface area contributed by atoms with Crippen molar-refractivity contribution < 1.29 is 4.39 Å². The average molecular weight is 309 g/mol. The Morgan fingerprint density at radius 3 is 2.94 bits per heavy atom. The van der Waals surface area contributed by atoms with E-state index in [0.29, 0.717) is 15.9 Å². The van der Waals surface area contributed by atoms with E-state index in [9.17, 15) is 9.18 Å². The first kappa shape index (κ1) is 11.6. The Hall–Kier alpha value is -1.49. The second-order valence-electron chi connectivity index (χ2n) is 4.32. The number of nitrogens with one attached hydrogen (secondary N) is 1. The Bertz CT molecular complexity index is 681. The second-order valence-corrected chi connectivity index (χ2v) is 5.17. The molecule has 1 aliphatic rings. The van der Waals surface area contributed by atoms with Crippen LogP contribution in [0.25, 0.3) is 11.4 Å². The van der Waals surface area contributed by atoms with Crippen molar-refractivity contribution in [2.24, 2.45) is 0 Å². The van der Waals surface area contributed by atoms with E-state index in [4.69, 9.17) is 0 Å². The number of halogens is 2. The van der Waals surface area contributed by atoms with Gasteiger partial charge in [0.25, 0.3) is 5.56 Å². The number of fused-ring (bicyclic) bond motifs is 1. The summed E-state index contributed by atoms with van der Waals surface area (Å²) in [6.07, 6.45) is 2.60. The van der Waals surface area contributed by atoms with Crippen molar-refractivity contribution in [3.63, 3.8) is 0 Å². The molecule has 1 aromatic carbocycles. The molecule has 0 amide bonds. The van der Waals surface area contributed by atoms with E-state index in [1.807, 2.05) is 0 Å². The maximum absolute atomic E-state index is 13.0. The zero-order valence-corrected chi connectivity index (χ0v) is 11.1. The molecule has 0 unspecified atom stereocenters. The summed E-state index contributed by atoms with van der Waals surface area (Å²) >= 11 is 3.29. The molecule has 3 nitrogen and oxygen atoms in total. The first-order chi connectivity index (χ1) is 8.65. The van der Waals surface area contributed by atoms with Gasteiger partial charge in [0, 0.05) is 15.6 Å². The second kappa shape index (κ2) is 4.31. The van der Waals surface area contributed by atoms with Crippen LogP contribution in [0.15, 0.2) is 27.5 Å². The highest BCUT2D eigenvalue weighted by Gasteiger charge is 2.18. The third-order valence-corrected chi connectivity index (χ3v) is 3.78. The van der Waals surface area contributed by atoms with Gasteiger partial charge in [-0.3, -0.25) is 4.79 Å². The van der Waals surface area contributed by atoms with Crippen molar-refractivity contribution in [1.82, 2.24) is 9.97 Å². The molecule has 0 atom stereocenters. The molecule has 0 bridgehead atoms. The fourth-order valence-corrected chi connectivity index (χ4v) is 2.79. The summed E-state index contributed by atoms with van der Waals surface area (Å²) < 4.78 is 13.6. The van der Waals surface area contributed by atoms with Crippen LogP contribution >= 0.6 is 15.9 Å². The van der Waals surface area contributed by atoms with Crippen LogP contribution in [0.2, 0.25) is 0 Å². The van der Waals surface area contributed by atoms with Crippen LogP contribution in [0.4, 0.5) is 4.39 Å². The highest BCUT2D eigenvalue weighted by Crippen LogP contribution is 2.27. The zero-order valence-electron chi connectivity index (χ0n) is 9.46. The predicted octanol–water partition coefficient (Wildman–Crippen LogP) is 2.83. The van der Waals surface area contributed by atoms with E-state index in [1.54, 1.807) is 6.07 Å². The Morgan fingerprint density at radius 2 is 2.17 bits per heavy atom. The van der Waals surface area contributed by atoms with E-state index >= 15 is 0 Å². The predicted molar refractivity (Wildman–Crippen MR) is 70.0 cm³/mol. The molecule has 2 aromatic rings. The highest BCUT2D eigenvalue weighted by molar-refractivity contribution is 9.10. The van der Waals surface area contributed by atoms with Gasteiger partial charge in [0.05, 0.1) is 5.69 Å². The minimum Gasteiger partial charge on any atom is -0.306 e. The Morgan fingerprint density at radius 1 is 1.33 bits per heavy atom. The molecule has 1 aliphatic carbocycles. The molecule has 92 valence electrons. The van der Waals surface area contributed by atoms with Crippen LogP contribution < -0.4 is 5.56 Å². The molecule has 0 radical (unpaired) electrons. The molecule has 0 fully saturated rings. The van der Waals surface area contributed by atoms with E-state index in [0.717, 1.165) is 30.5 Å². The molecular weight excluding hydrogens is 299 g/mol. The van der Waals surface area contributed by atoms with Gasteiger partial charge in [-0.15, -0.1) is 0 Å². The third-order valence-electron chi connectivity index (χ3n) is 3.13. The SMILES string of the molecule is O=c1[nH]c(-c2ccc(F)cc2Br)nc2c1CCC2. The number of rotatable bonds is 1. The number of aryl methyl sites for hydroxylation is 1. The summed E-state index contributed by atoms with van der Waals surface area (Å²) in [7, 11) is 0. The zero-order chi connectivity index (χ0) is 12.7. The van der Waals surface area contributed by atoms with Crippen molar-refractivity contribution in [2.45, 2.75) is 19.3 Å². The van der Waals surface area contributed by atoms with E-state index in [2.05, 4.69) is 25.9 Å². The maximum atomic E-state index is 13.0. The fourth-order valence-electron chi connectivity index (χ4n) is 2.25. The van der Waals surface area contributed by atoms with E-state index in [1.165, 1.54) is 12.1 Å². The van der Waals surface area contributed by atoms with Crippen molar-refractivity contribution in [3.05, 3.63) is 50.1 Å². The van der Waals surface area contributed by atoms with Crippen molar-refractivity contribution in [3.8, 4) is 11.4 Å². The topological polar surface area (TPSA) is 45.8 Å². The van der Waals surface area contributed by atoms with Crippen LogP contribution in [0, 0.1) is 5.82 Å². The summed E-state index contributed by atoms with van der Waals surface area (Å²) in [5.74, 6) is 0.168. The molecule has 0 spiro atoms. The normalized spacial score (nSPS) is 13.7. The van der Waals surface area contributed by atoms with Gasteiger partial charge in [-0.1, -0.05) is 0 Å². The number of benzene rings is 1. The summed E-state index contributed by atoms with van der Waals surface area (Å²) in [6, 6.07) is 4.33. The first-order valence-corrected chi connectivity index (χ1v) is 6.52. The van der Waals surface area contributed by atoms with Gasteiger partial charge in [-0.25, -0.2) is 9.37 Å². The molecule has 0 aliphatic heterocycles. The molecule has 1 aromatic heterocycles. The number of hydrogen-bond donors (Lipinski definition) is 1. The van der Waals surface area contributed by atoms with Gasteiger partial charge in [-0.2, -0.15) is 0 Å². The minimum absolute atomic E-state index is 0.0799. The third kappa shape index (κ3) is 1.88. The number of hydrogen-bond acceptors (Lipinski definition) is 2. The van der Waals surface area contributed by atoms with Gasteiger partial charge in [-0.05, 0) is 53.4 Å². The summed E-state index contributed by atoms with van der Waals surface area (Å²) in [5.41, 5.74) is 2.27.